The summed E-state index contributed by atoms with van der Waals surface area (Å²) in [6.07, 6.45) is -0.0224. The highest BCUT2D eigenvalue weighted by molar-refractivity contribution is 5.84. The molecule has 0 bridgehead atoms. The van der Waals surface area contributed by atoms with E-state index in [1.54, 1.807) is 4.90 Å². The average molecular weight is 263 g/mol. The summed E-state index contributed by atoms with van der Waals surface area (Å²) < 4.78 is 0. The van der Waals surface area contributed by atoms with Crippen molar-refractivity contribution in [3.63, 3.8) is 0 Å². The van der Waals surface area contributed by atoms with Crippen LogP contribution in [-0.4, -0.2) is 34.5 Å². The van der Waals surface area contributed by atoms with E-state index in [0.29, 0.717) is 0 Å². The van der Waals surface area contributed by atoms with Crippen molar-refractivity contribution >= 4 is 11.9 Å². The first-order valence-corrected chi connectivity index (χ1v) is 6.50. The zero-order chi connectivity index (χ0) is 14.4. The molecule has 1 amide bonds. The standard InChI is InChI=1S/C15H21NO3/c1-11(2)16(10-9-14(17)18)15(19)12(3)13-7-5-4-6-8-13/h4-8,11-12H,9-10H2,1-3H3,(H,17,18)/t12-/m1/s1. The first kappa shape index (κ1) is 15.2. The average Bonchev–Trinajstić information content (AvgIpc) is 2.38. The largest absolute Gasteiger partial charge is 0.481 e. The number of aliphatic carboxylic acids is 1. The highest BCUT2D eigenvalue weighted by Crippen LogP contribution is 2.19. The number of benzene rings is 1. The molecule has 0 aliphatic carbocycles. The maximum absolute atomic E-state index is 12.4. The third-order valence-corrected chi connectivity index (χ3v) is 3.14. The lowest BCUT2D eigenvalue weighted by Gasteiger charge is -2.29. The third-order valence-electron chi connectivity index (χ3n) is 3.14. The normalized spacial score (nSPS) is 12.2. The quantitative estimate of drug-likeness (QED) is 0.858. The van der Waals surface area contributed by atoms with Crippen LogP contribution in [0.1, 0.15) is 38.7 Å². The van der Waals surface area contributed by atoms with Crippen molar-refractivity contribution < 1.29 is 14.7 Å². The van der Waals surface area contributed by atoms with Crippen LogP contribution in [0.5, 0.6) is 0 Å². The van der Waals surface area contributed by atoms with Gasteiger partial charge in [-0.05, 0) is 26.3 Å². The zero-order valence-corrected chi connectivity index (χ0v) is 11.7. The van der Waals surface area contributed by atoms with Crippen LogP contribution < -0.4 is 0 Å². The van der Waals surface area contributed by atoms with E-state index in [4.69, 9.17) is 5.11 Å². The molecule has 0 heterocycles. The van der Waals surface area contributed by atoms with E-state index >= 15 is 0 Å². The number of rotatable bonds is 6. The zero-order valence-electron chi connectivity index (χ0n) is 11.7. The van der Waals surface area contributed by atoms with Gasteiger partial charge >= 0.3 is 5.97 Å². The Hall–Kier alpha value is -1.84. The van der Waals surface area contributed by atoms with Gasteiger partial charge in [-0.1, -0.05) is 30.3 Å². The summed E-state index contributed by atoms with van der Waals surface area (Å²) in [7, 11) is 0. The van der Waals surface area contributed by atoms with Crippen molar-refractivity contribution in [2.24, 2.45) is 0 Å². The molecule has 1 atom stereocenters. The first-order valence-electron chi connectivity index (χ1n) is 6.50. The van der Waals surface area contributed by atoms with Crippen LogP contribution in [0, 0.1) is 0 Å². The molecule has 0 aliphatic heterocycles. The van der Waals surface area contributed by atoms with Gasteiger partial charge in [-0.15, -0.1) is 0 Å². The molecule has 0 saturated carbocycles. The summed E-state index contributed by atoms with van der Waals surface area (Å²) in [5.41, 5.74) is 0.952. The van der Waals surface area contributed by atoms with E-state index in [1.807, 2.05) is 51.1 Å². The van der Waals surface area contributed by atoms with Gasteiger partial charge in [-0.2, -0.15) is 0 Å². The highest BCUT2D eigenvalue weighted by atomic mass is 16.4. The lowest BCUT2D eigenvalue weighted by molar-refractivity contribution is -0.139. The Bertz CT molecular complexity index is 428. The number of carboxylic acid groups (broad SMARTS) is 1. The highest BCUT2D eigenvalue weighted by Gasteiger charge is 2.24. The molecule has 4 nitrogen and oxygen atoms in total. The smallest absolute Gasteiger partial charge is 0.305 e. The molecule has 1 aromatic rings. The van der Waals surface area contributed by atoms with E-state index in [1.165, 1.54) is 0 Å². The van der Waals surface area contributed by atoms with E-state index < -0.39 is 5.97 Å². The Morgan fingerprint density at radius 3 is 2.21 bits per heavy atom. The van der Waals surface area contributed by atoms with Gasteiger partial charge in [-0.25, -0.2) is 0 Å². The summed E-state index contributed by atoms with van der Waals surface area (Å²) >= 11 is 0. The summed E-state index contributed by atoms with van der Waals surface area (Å²) in [6, 6.07) is 9.53. The molecule has 0 aromatic heterocycles. The van der Waals surface area contributed by atoms with Crippen LogP contribution in [0.25, 0.3) is 0 Å². The van der Waals surface area contributed by atoms with Gasteiger partial charge in [0.2, 0.25) is 5.91 Å². The van der Waals surface area contributed by atoms with Crippen molar-refractivity contribution in [1.82, 2.24) is 4.90 Å². The Morgan fingerprint density at radius 1 is 1.16 bits per heavy atom. The molecular formula is C15H21NO3. The number of hydrogen-bond donors (Lipinski definition) is 1. The van der Waals surface area contributed by atoms with Crippen LogP contribution in [0.15, 0.2) is 30.3 Å². The molecule has 0 saturated heterocycles. The molecule has 0 spiro atoms. The molecular weight excluding hydrogens is 242 g/mol. The second-order valence-corrected chi connectivity index (χ2v) is 4.90. The van der Waals surface area contributed by atoms with Crippen LogP contribution >= 0.6 is 0 Å². The maximum atomic E-state index is 12.4. The Labute approximate surface area is 114 Å². The number of hydrogen-bond acceptors (Lipinski definition) is 2. The van der Waals surface area contributed by atoms with E-state index in [0.717, 1.165) is 5.56 Å². The number of amides is 1. The fourth-order valence-electron chi connectivity index (χ4n) is 1.97. The molecule has 1 rings (SSSR count). The SMILES string of the molecule is CC(C)N(CCC(=O)O)C(=O)[C@H](C)c1ccccc1. The van der Waals surface area contributed by atoms with Crippen LogP contribution in [0.2, 0.25) is 0 Å². The minimum Gasteiger partial charge on any atom is -0.481 e. The molecule has 4 heteroatoms. The molecule has 19 heavy (non-hydrogen) atoms. The lowest BCUT2D eigenvalue weighted by atomic mass is 9.99. The minimum atomic E-state index is -0.884. The summed E-state index contributed by atoms with van der Waals surface area (Å²) in [5.74, 6) is -1.16. The predicted octanol–water partition coefficient (Wildman–Crippen LogP) is 2.50. The fourth-order valence-corrected chi connectivity index (χ4v) is 1.97. The maximum Gasteiger partial charge on any atom is 0.305 e. The molecule has 0 aliphatic rings. The number of carboxylic acids is 1. The second kappa shape index (κ2) is 6.92. The van der Waals surface area contributed by atoms with Crippen molar-refractivity contribution in [1.29, 1.82) is 0 Å². The van der Waals surface area contributed by atoms with Crippen molar-refractivity contribution in [3.05, 3.63) is 35.9 Å². The lowest BCUT2D eigenvalue weighted by Crippen LogP contribution is -2.40. The number of carbonyl (C=O) groups is 2. The topological polar surface area (TPSA) is 57.6 Å². The van der Waals surface area contributed by atoms with E-state index in [-0.39, 0.29) is 30.8 Å². The first-order chi connectivity index (χ1) is 8.93. The summed E-state index contributed by atoms with van der Waals surface area (Å²) in [5, 5.41) is 8.74. The van der Waals surface area contributed by atoms with Crippen molar-refractivity contribution in [2.75, 3.05) is 6.54 Å². The predicted molar refractivity (Wildman–Crippen MR) is 74.0 cm³/mol. The van der Waals surface area contributed by atoms with Gasteiger partial charge in [0.25, 0.3) is 0 Å². The number of carbonyl (C=O) groups excluding carboxylic acids is 1. The Morgan fingerprint density at radius 2 is 1.74 bits per heavy atom. The molecule has 0 fully saturated rings. The summed E-state index contributed by atoms with van der Waals surface area (Å²) in [6.45, 7) is 5.91. The molecule has 0 radical (unpaired) electrons. The van der Waals surface area contributed by atoms with Crippen LogP contribution in [0.4, 0.5) is 0 Å². The van der Waals surface area contributed by atoms with Gasteiger partial charge in [0.05, 0.1) is 12.3 Å². The van der Waals surface area contributed by atoms with Gasteiger partial charge < -0.3 is 10.0 Å². The van der Waals surface area contributed by atoms with Gasteiger partial charge in [0, 0.05) is 12.6 Å². The molecule has 1 N–H and O–H groups in total. The monoisotopic (exact) mass is 263 g/mol. The van der Waals surface area contributed by atoms with Gasteiger partial charge in [0.15, 0.2) is 0 Å². The van der Waals surface area contributed by atoms with E-state index in [9.17, 15) is 9.59 Å². The van der Waals surface area contributed by atoms with Crippen molar-refractivity contribution in [2.45, 2.75) is 39.2 Å². The fraction of sp³-hybridized carbons (Fsp3) is 0.467. The summed E-state index contributed by atoms with van der Waals surface area (Å²) in [4.78, 5) is 24.7. The molecule has 104 valence electrons. The van der Waals surface area contributed by atoms with Gasteiger partial charge in [0.1, 0.15) is 0 Å². The van der Waals surface area contributed by atoms with Crippen LogP contribution in [0.3, 0.4) is 0 Å². The Balaban J connectivity index is 2.79. The molecule has 0 unspecified atom stereocenters. The third kappa shape index (κ3) is 4.39. The van der Waals surface area contributed by atoms with Crippen LogP contribution in [-0.2, 0) is 9.59 Å². The molecule has 1 aromatic carbocycles. The van der Waals surface area contributed by atoms with Crippen molar-refractivity contribution in [3.8, 4) is 0 Å². The second-order valence-electron chi connectivity index (χ2n) is 4.90. The van der Waals surface area contributed by atoms with E-state index in [2.05, 4.69) is 0 Å². The minimum absolute atomic E-state index is 0.00184. The number of nitrogens with zero attached hydrogens (tertiary/aromatic N) is 1. The Kier molecular flexibility index (Phi) is 5.55. The van der Waals surface area contributed by atoms with Gasteiger partial charge in [-0.3, -0.25) is 9.59 Å².